The van der Waals surface area contributed by atoms with Gasteiger partial charge in [-0.2, -0.15) is 0 Å². The van der Waals surface area contributed by atoms with Crippen molar-refractivity contribution in [2.24, 2.45) is 11.7 Å². The summed E-state index contributed by atoms with van der Waals surface area (Å²) >= 11 is 6.36. The van der Waals surface area contributed by atoms with Gasteiger partial charge in [-0.05, 0) is 94.7 Å². The van der Waals surface area contributed by atoms with Crippen molar-refractivity contribution in [1.82, 2.24) is 14.5 Å². The lowest BCUT2D eigenvalue weighted by atomic mass is 9.99. The molecule has 0 saturated carbocycles. The fraction of sp³-hybridized carbons (Fsp3) is 0.680. The molecule has 35 heavy (non-hydrogen) atoms. The Morgan fingerprint density at radius 1 is 1.17 bits per heavy atom. The van der Waals surface area contributed by atoms with Crippen LogP contribution in [0.15, 0.2) is 12.1 Å². The molecule has 5 rings (SSSR count). The van der Waals surface area contributed by atoms with Crippen molar-refractivity contribution in [1.29, 1.82) is 0 Å². The molecule has 3 fully saturated rings. The molecule has 4 aliphatic rings. The van der Waals surface area contributed by atoms with Gasteiger partial charge in [0.1, 0.15) is 0 Å². The maximum atomic E-state index is 13.4. The van der Waals surface area contributed by atoms with Crippen LogP contribution in [-0.2, 0) is 22.2 Å². The van der Waals surface area contributed by atoms with Gasteiger partial charge in [-0.15, -0.1) is 0 Å². The summed E-state index contributed by atoms with van der Waals surface area (Å²) in [6, 6.07) is 3.94. The molecule has 1 aromatic carbocycles. The summed E-state index contributed by atoms with van der Waals surface area (Å²) in [7, 11) is -0.967. The van der Waals surface area contributed by atoms with Gasteiger partial charge in [-0.1, -0.05) is 11.6 Å². The van der Waals surface area contributed by atoms with E-state index in [1.165, 1.54) is 0 Å². The minimum Gasteiger partial charge on any atom is -0.349 e. The Morgan fingerprint density at radius 3 is 2.57 bits per heavy atom. The van der Waals surface area contributed by atoms with E-state index in [9.17, 15) is 13.8 Å². The summed E-state index contributed by atoms with van der Waals surface area (Å²) in [5, 5.41) is 6.28. The third-order valence-electron chi connectivity index (χ3n) is 8.06. The second kappa shape index (κ2) is 10.8. The van der Waals surface area contributed by atoms with E-state index in [1.54, 1.807) is 12.1 Å². The Labute approximate surface area is 214 Å². The molecule has 3 atom stereocenters. The minimum atomic E-state index is -0.967. The van der Waals surface area contributed by atoms with Crippen molar-refractivity contribution in [2.75, 3.05) is 37.2 Å². The topological polar surface area (TPSA) is 108 Å². The molecule has 2 amide bonds. The molecule has 4 aliphatic heterocycles. The maximum Gasteiger partial charge on any atom is 0.253 e. The lowest BCUT2D eigenvalue weighted by molar-refractivity contribution is -0.115. The molecular weight excluding hydrogens is 486 g/mol. The largest absolute Gasteiger partial charge is 0.349 e. The first-order valence-corrected chi connectivity index (χ1v) is 14.6. The smallest absolute Gasteiger partial charge is 0.253 e. The van der Waals surface area contributed by atoms with Crippen LogP contribution in [0.5, 0.6) is 0 Å². The number of halogens is 1. The number of carbonyl (C=O) groups excluding carboxylic acids is 2. The molecular formula is C25H36ClN5O3S. The molecule has 10 heteroatoms. The van der Waals surface area contributed by atoms with Crippen LogP contribution in [0, 0.1) is 5.92 Å². The lowest BCUT2D eigenvalue weighted by Gasteiger charge is -2.39. The highest BCUT2D eigenvalue weighted by Gasteiger charge is 2.44. The zero-order valence-corrected chi connectivity index (χ0v) is 21.7. The van der Waals surface area contributed by atoms with Crippen LogP contribution in [0.2, 0.25) is 5.02 Å². The van der Waals surface area contributed by atoms with Crippen LogP contribution in [0.4, 0.5) is 5.69 Å². The first-order valence-electron chi connectivity index (χ1n) is 12.9. The molecule has 1 aromatic rings. The number of nitrogens with zero attached hydrogens (tertiary/aromatic N) is 2. The van der Waals surface area contributed by atoms with E-state index in [-0.39, 0.29) is 36.4 Å². The highest BCUT2D eigenvalue weighted by molar-refractivity contribution is 7.82. The molecule has 3 saturated heterocycles. The molecule has 4 heterocycles. The van der Waals surface area contributed by atoms with Gasteiger partial charge in [0, 0.05) is 29.6 Å². The van der Waals surface area contributed by atoms with Crippen LogP contribution in [-0.4, -0.2) is 75.3 Å². The lowest BCUT2D eigenvalue weighted by Crippen LogP contribution is -2.51. The normalized spacial score (nSPS) is 28.1. The number of nitrogens with one attached hydrogen (secondary N) is 2. The summed E-state index contributed by atoms with van der Waals surface area (Å²) in [5.74, 6) is 0.997. The van der Waals surface area contributed by atoms with Crippen molar-refractivity contribution in [3.8, 4) is 0 Å². The van der Waals surface area contributed by atoms with Crippen molar-refractivity contribution in [3.63, 3.8) is 0 Å². The van der Waals surface area contributed by atoms with E-state index in [2.05, 4.69) is 19.8 Å². The Balaban J connectivity index is 1.14. The predicted molar refractivity (Wildman–Crippen MR) is 139 cm³/mol. The number of carbonyl (C=O) groups is 2. The zero-order chi connectivity index (χ0) is 24.5. The summed E-state index contributed by atoms with van der Waals surface area (Å²) in [6.07, 6.45) is 7.24. The monoisotopic (exact) mass is 521 g/mol. The van der Waals surface area contributed by atoms with Crippen molar-refractivity contribution < 1.29 is 13.8 Å². The second-order valence-electron chi connectivity index (χ2n) is 10.5. The van der Waals surface area contributed by atoms with E-state index >= 15 is 0 Å². The second-order valence-corrected chi connectivity index (χ2v) is 12.3. The van der Waals surface area contributed by atoms with E-state index in [0.717, 1.165) is 82.4 Å². The van der Waals surface area contributed by atoms with Gasteiger partial charge in [0.25, 0.3) is 5.91 Å². The van der Waals surface area contributed by atoms with Crippen LogP contribution in [0.25, 0.3) is 0 Å². The van der Waals surface area contributed by atoms with Crippen LogP contribution in [0.3, 0.4) is 0 Å². The summed E-state index contributed by atoms with van der Waals surface area (Å²) in [4.78, 5) is 27.2. The number of nitrogens with two attached hydrogens (primary N) is 1. The SMILES string of the molecule is NCCCN1CCC(CS(=O)N2C3CCC2CC(NC(=O)c2cc4c(cc2Cl)NC(=O)C4)C3)CC1. The van der Waals surface area contributed by atoms with E-state index < -0.39 is 11.0 Å². The van der Waals surface area contributed by atoms with Crippen molar-refractivity contribution in [3.05, 3.63) is 28.3 Å². The number of hydrogen-bond acceptors (Lipinski definition) is 5. The standard InChI is InChI=1S/C25H36ClN5O3S/c26-22-14-23-17(11-24(32)29-23)10-21(22)25(33)28-18-12-19-2-3-20(13-18)31(19)35(34)15-16-4-8-30(9-5-16)7-1-6-27/h10,14,16,18-20H,1-9,11-13,15,27H2,(H,28,33)(H,29,32). The van der Waals surface area contributed by atoms with E-state index in [1.807, 2.05) is 0 Å². The Morgan fingerprint density at radius 2 is 1.89 bits per heavy atom. The Hall–Kier alpha value is -1.52. The van der Waals surface area contributed by atoms with Crippen LogP contribution >= 0.6 is 11.6 Å². The van der Waals surface area contributed by atoms with Crippen LogP contribution < -0.4 is 16.4 Å². The molecule has 0 radical (unpaired) electrons. The third kappa shape index (κ3) is 5.59. The van der Waals surface area contributed by atoms with Gasteiger partial charge in [0.15, 0.2) is 0 Å². The number of piperidine rings is 2. The summed E-state index contributed by atoms with van der Waals surface area (Å²) in [6.45, 7) is 3.97. The van der Waals surface area contributed by atoms with Gasteiger partial charge < -0.3 is 21.3 Å². The van der Waals surface area contributed by atoms with E-state index in [4.69, 9.17) is 17.3 Å². The quantitative estimate of drug-likeness (QED) is 0.486. The zero-order valence-electron chi connectivity index (χ0n) is 20.1. The van der Waals surface area contributed by atoms with Gasteiger partial charge in [0.05, 0.1) is 28.0 Å². The predicted octanol–water partition coefficient (Wildman–Crippen LogP) is 2.28. The van der Waals surface area contributed by atoms with Gasteiger partial charge in [0.2, 0.25) is 5.91 Å². The molecule has 2 bridgehead atoms. The number of fused-ring (bicyclic) bond motifs is 3. The van der Waals surface area contributed by atoms with Crippen LogP contribution in [0.1, 0.15) is 60.9 Å². The van der Waals surface area contributed by atoms with Gasteiger partial charge in [-0.25, -0.2) is 8.51 Å². The highest BCUT2D eigenvalue weighted by Crippen LogP contribution is 2.38. The first kappa shape index (κ1) is 25.1. The van der Waals surface area contributed by atoms with Gasteiger partial charge >= 0.3 is 0 Å². The van der Waals surface area contributed by atoms with Crippen molar-refractivity contribution >= 4 is 40.1 Å². The third-order valence-corrected chi connectivity index (χ3v) is 10.2. The van der Waals surface area contributed by atoms with E-state index in [0.29, 0.717) is 22.2 Å². The first-order chi connectivity index (χ1) is 16.9. The number of amides is 2. The average molecular weight is 522 g/mol. The Bertz CT molecular complexity index is 986. The highest BCUT2D eigenvalue weighted by atomic mass is 35.5. The number of hydrogen-bond donors (Lipinski definition) is 3. The molecule has 4 N–H and O–H groups in total. The molecule has 0 aliphatic carbocycles. The number of rotatable bonds is 8. The fourth-order valence-corrected chi connectivity index (χ4v) is 8.46. The number of anilines is 1. The Kier molecular flexibility index (Phi) is 7.79. The molecule has 192 valence electrons. The summed E-state index contributed by atoms with van der Waals surface area (Å²) < 4.78 is 15.6. The molecule has 3 unspecified atom stereocenters. The van der Waals surface area contributed by atoms with Crippen molar-refractivity contribution in [2.45, 2.75) is 69.5 Å². The maximum absolute atomic E-state index is 13.4. The molecule has 8 nitrogen and oxygen atoms in total. The molecule has 0 spiro atoms. The average Bonchev–Trinajstić information content (AvgIpc) is 3.33. The van der Waals surface area contributed by atoms with Gasteiger partial charge in [-0.3, -0.25) is 9.59 Å². The fourth-order valence-electron chi connectivity index (χ4n) is 6.25. The summed E-state index contributed by atoms with van der Waals surface area (Å²) in [5.41, 5.74) is 7.54. The number of likely N-dealkylation sites (tertiary alicyclic amines) is 1. The number of benzene rings is 1. The molecule has 0 aromatic heterocycles. The minimum absolute atomic E-state index is 0.0445.